The first-order valence-electron chi connectivity index (χ1n) is 6.38. The summed E-state index contributed by atoms with van der Waals surface area (Å²) < 4.78 is 0. The second kappa shape index (κ2) is 7.53. The number of carbonyl (C=O) groups excluding carboxylic acids is 1. The van der Waals surface area contributed by atoms with E-state index in [1.807, 2.05) is 30.5 Å². The molecule has 106 valence electrons. The predicted octanol–water partition coefficient (Wildman–Crippen LogP) is 3.00. The van der Waals surface area contributed by atoms with Crippen molar-refractivity contribution < 1.29 is 9.90 Å². The Balaban J connectivity index is 2.12. The number of aliphatic hydroxyl groups is 1. The van der Waals surface area contributed by atoms with Crippen LogP contribution in [0.25, 0.3) is 0 Å². The van der Waals surface area contributed by atoms with E-state index in [1.165, 1.54) is 0 Å². The molecule has 0 atom stereocenters. The van der Waals surface area contributed by atoms with E-state index < -0.39 is 0 Å². The lowest BCUT2D eigenvalue weighted by Gasteiger charge is -2.06. The van der Waals surface area contributed by atoms with E-state index in [2.05, 4.69) is 17.2 Å². The Hall–Kier alpha value is -2.22. The highest BCUT2D eigenvalue weighted by Crippen LogP contribution is 2.18. The van der Waals surface area contributed by atoms with Crippen LogP contribution < -0.4 is 5.32 Å². The molecule has 0 aliphatic carbocycles. The number of carbonyl (C=O) groups is 1. The summed E-state index contributed by atoms with van der Waals surface area (Å²) in [7, 11) is 0. The highest BCUT2D eigenvalue weighted by molar-refractivity contribution is 7.98. The van der Waals surface area contributed by atoms with Crippen LogP contribution in [-0.2, 0) is 0 Å². The normalized spacial score (nSPS) is 9.62. The Labute approximate surface area is 128 Å². The molecule has 0 radical (unpaired) electrons. The van der Waals surface area contributed by atoms with Crippen LogP contribution >= 0.6 is 11.8 Å². The van der Waals surface area contributed by atoms with Crippen molar-refractivity contribution in [3.63, 3.8) is 0 Å². The van der Waals surface area contributed by atoms with Crippen LogP contribution in [0, 0.1) is 11.8 Å². The number of rotatable bonds is 3. The Morgan fingerprint density at radius 2 is 2.00 bits per heavy atom. The van der Waals surface area contributed by atoms with Crippen LogP contribution in [-0.4, -0.2) is 23.9 Å². The van der Waals surface area contributed by atoms with Gasteiger partial charge in [-0.15, -0.1) is 11.8 Å². The van der Waals surface area contributed by atoms with E-state index in [0.29, 0.717) is 11.1 Å². The smallest absolute Gasteiger partial charge is 0.255 e. The zero-order chi connectivity index (χ0) is 15.1. The van der Waals surface area contributed by atoms with Gasteiger partial charge in [-0.2, -0.15) is 0 Å². The van der Waals surface area contributed by atoms with E-state index in [-0.39, 0.29) is 12.5 Å². The van der Waals surface area contributed by atoms with Crippen molar-refractivity contribution in [1.29, 1.82) is 0 Å². The van der Waals surface area contributed by atoms with Crippen molar-refractivity contribution in [1.82, 2.24) is 0 Å². The molecule has 0 aromatic heterocycles. The van der Waals surface area contributed by atoms with E-state index in [4.69, 9.17) is 5.11 Å². The van der Waals surface area contributed by atoms with Crippen molar-refractivity contribution in [2.24, 2.45) is 0 Å². The highest BCUT2D eigenvalue weighted by Gasteiger charge is 2.06. The third-order valence-corrected chi connectivity index (χ3v) is 3.53. The fourth-order valence-corrected chi connectivity index (χ4v) is 2.17. The van der Waals surface area contributed by atoms with Gasteiger partial charge in [-0.05, 0) is 48.7 Å². The minimum absolute atomic E-state index is 0.181. The molecule has 0 bridgehead atoms. The summed E-state index contributed by atoms with van der Waals surface area (Å²) >= 11 is 1.65. The summed E-state index contributed by atoms with van der Waals surface area (Å²) in [4.78, 5) is 13.3. The lowest BCUT2D eigenvalue weighted by Crippen LogP contribution is -2.11. The van der Waals surface area contributed by atoms with Gasteiger partial charge in [0.05, 0.1) is 0 Å². The lowest BCUT2D eigenvalue weighted by molar-refractivity contribution is 0.102. The molecule has 3 nitrogen and oxygen atoms in total. The fourth-order valence-electron chi connectivity index (χ4n) is 1.76. The van der Waals surface area contributed by atoms with E-state index >= 15 is 0 Å². The second-order valence-corrected chi connectivity index (χ2v) is 5.10. The number of hydrogen-bond acceptors (Lipinski definition) is 3. The van der Waals surface area contributed by atoms with Crippen molar-refractivity contribution >= 4 is 23.4 Å². The SMILES string of the molecule is CSc1ccc(NC(=O)c2cccc(C#CCO)c2)cc1. The van der Waals surface area contributed by atoms with Crippen LogP contribution in [0.2, 0.25) is 0 Å². The molecule has 2 N–H and O–H groups in total. The molecule has 0 saturated heterocycles. The summed E-state index contributed by atoms with van der Waals surface area (Å²) in [6, 6.07) is 14.7. The molecular weight excluding hydrogens is 282 g/mol. The Kier molecular flexibility index (Phi) is 5.44. The molecular formula is C17H15NO2S. The first-order valence-corrected chi connectivity index (χ1v) is 7.60. The number of aliphatic hydroxyl groups excluding tert-OH is 1. The predicted molar refractivity (Wildman–Crippen MR) is 86.6 cm³/mol. The van der Waals surface area contributed by atoms with Gasteiger partial charge in [-0.3, -0.25) is 4.79 Å². The number of hydrogen-bond donors (Lipinski definition) is 2. The van der Waals surface area contributed by atoms with Gasteiger partial charge in [0.25, 0.3) is 5.91 Å². The lowest BCUT2D eigenvalue weighted by atomic mass is 10.1. The Morgan fingerprint density at radius 3 is 2.67 bits per heavy atom. The Bertz CT molecular complexity index is 684. The van der Waals surface area contributed by atoms with E-state index in [9.17, 15) is 4.79 Å². The van der Waals surface area contributed by atoms with Gasteiger partial charge < -0.3 is 10.4 Å². The average Bonchev–Trinajstić information content (AvgIpc) is 2.54. The first kappa shape index (κ1) is 15.2. The maximum Gasteiger partial charge on any atom is 0.255 e. The van der Waals surface area contributed by atoms with Crippen molar-refractivity contribution in [3.8, 4) is 11.8 Å². The minimum Gasteiger partial charge on any atom is -0.384 e. The van der Waals surface area contributed by atoms with Gasteiger partial charge in [0.2, 0.25) is 0 Å². The van der Waals surface area contributed by atoms with Crippen molar-refractivity contribution in [3.05, 3.63) is 59.7 Å². The molecule has 1 amide bonds. The van der Waals surface area contributed by atoms with Crippen molar-refractivity contribution in [2.75, 3.05) is 18.2 Å². The molecule has 0 spiro atoms. The molecule has 2 aromatic carbocycles. The number of amides is 1. The van der Waals surface area contributed by atoms with Gasteiger partial charge in [-0.1, -0.05) is 17.9 Å². The summed E-state index contributed by atoms with van der Waals surface area (Å²) in [6.07, 6.45) is 2.01. The highest BCUT2D eigenvalue weighted by atomic mass is 32.2. The monoisotopic (exact) mass is 297 g/mol. The summed E-state index contributed by atoms with van der Waals surface area (Å²) in [5.41, 5.74) is 1.99. The van der Waals surface area contributed by atoms with Crippen LogP contribution in [0.5, 0.6) is 0 Å². The summed E-state index contributed by atoms with van der Waals surface area (Å²) in [5.74, 6) is 5.17. The van der Waals surface area contributed by atoms with Gasteiger partial charge in [0.15, 0.2) is 0 Å². The molecule has 0 fully saturated rings. The average molecular weight is 297 g/mol. The molecule has 2 aromatic rings. The quantitative estimate of drug-likeness (QED) is 0.676. The molecule has 4 heteroatoms. The summed E-state index contributed by atoms with van der Waals surface area (Å²) in [5, 5.41) is 11.5. The first-order chi connectivity index (χ1) is 10.2. The molecule has 2 rings (SSSR count). The third kappa shape index (κ3) is 4.38. The maximum absolute atomic E-state index is 12.2. The topological polar surface area (TPSA) is 49.3 Å². The second-order valence-electron chi connectivity index (χ2n) is 4.22. The van der Waals surface area contributed by atoms with Gasteiger partial charge in [0, 0.05) is 21.7 Å². The fraction of sp³-hybridized carbons (Fsp3) is 0.118. The van der Waals surface area contributed by atoms with E-state index in [1.54, 1.807) is 36.0 Å². The van der Waals surface area contributed by atoms with Gasteiger partial charge in [-0.25, -0.2) is 0 Å². The molecule has 21 heavy (non-hydrogen) atoms. The zero-order valence-electron chi connectivity index (χ0n) is 11.6. The molecule has 0 aliphatic rings. The zero-order valence-corrected chi connectivity index (χ0v) is 12.4. The summed E-state index contributed by atoms with van der Waals surface area (Å²) in [6.45, 7) is -0.196. The molecule has 0 saturated carbocycles. The number of anilines is 1. The Morgan fingerprint density at radius 1 is 1.24 bits per heavy atom. The number of thioether (sulfide) groups is 1. The largest absolute Gasteiger partial charge is 0.384 e. The van der Waals surface area contributed by atoms with Crippen LogP contribution in [0.3, 0.4) is 0 Å². The number of nitrogens with one attached hydrogen (secondary N) is 1. The molecule has 0 aliphatic heterocycles. The third-order valence-electron chi connectivity index (χ3n) is 2.78. The van der Waals surface area contributed by atoms with Crippen molar-refractivity contribution in [2.45, 2.75) is 4.90 Å². The molecule has 0 heterocycles. The molecule has 0 unspecified atom stereocenters. The minimum atomic E-state index is -0.196. The maximum atomic E-state index is 12.2. The number of benzene rings is 2. The van der Waals surface area contributed by atoms with Crippen LogP contribution in [0.15, 0.2) is 53.4 Å². The standard InChI is InChI=1S/C17H15NO2S/c1-21-16-9-7-15(8-10-16)18-17(20)14-6-2-4-13(12-14)5-3-11-19/h2,4,6-10,12,19H,11H2,1H3,(H,18,20). The van der Waals surface area contributed by atoms with Crippen LogP contribution in [0.1, 0.15) is 15.9 Å². The van der Waals surface area contributed by atoms with Gasteiger partial charge in [0.1, 0.15) is 6.61 Å². The van der Waals surface area contributed by atoms with Gasteiger partial charge >= 0.3 is 0 Å². The van der Waals surface area contributed by atoms with Crippen LogP contribution in [0.4, 0.5) is 5.69 Å². The van der Waals surface area contributed by atoms with E-state index in [0.717, 1.165) is 10.6 Å².